The van der Waals surface area contributed by atoms with Crippen molar-refractivity contribution < 1.29 is 28.7 Å². The molecule has 0 saturated heterocycles. The van der Waals surface area contributed by atoms with Crippen molar-refractivity contribution in [3.8, 4) is 0 Å². The Bertz CT molecular complexity index is 416. The second-order valence-electron chi connectivity index (χ2n) is 7.38. The van der Waals surface area contributed by atoms with Gasteiger partial charge in [-0.3, -0.25) is 9.59 Å². The monoisotopic (exact) mass is 398 g/mol. The van der Waals surface area contributed by atoms with E-state index in [1.807, 2.05) is 0 Å². The second-order valence-corrected chi connectivity index (χ2v) is 7.38. The van der Waals surface area contributed by atoms with Crippen molar-refractivity contribution in [1.29, 1.82) is 0 Å². The van der Waals surface area contributed by atoms with Gasteiger partial charge in [0.25, 0.3) is 0 Å². The maximum absolute atomic E-state index is 11.6. The third kappa shape index (κ3) is 20.6. The van der Waals surface area contributed by atoms with Crippen molar-refractivity contribution in [1.82, 2.24) is 0 Å². The molecule has 0 N–H and O–H groups in total. The van der Waals surface area contributed by atoms with Gasteiger partial charge in [-0.05, 0) is 52.4 Å². The van der Waals surface area contributed by atoms with E-state index >= 15 is 0 Å². The third-order valence-electron chi connectivity index (χ3n) is 4.38. The van der Waals surface area contributed by atoms with Crippen molar-refractivity contribution in [3.05, 3.63) is 0 Å². The van der Waals surface area contributed by atoms with Gasteiger partial charge in [-0.1, -0.05) is 25.7 Å². The van der Waals surface area contributed by atoms with Gasteiger partial charge in [-0.2, -0.15) is 0 Å². The summed E-state index contributed by atoms with van der Waals surface area (Å²) in [5.41, 5.74) is 0. The summed E-state index contributed by atoms with van der Waals surface area (Å²) in [5.74, 6) is -0.00163. The first-order valence-corrected chi connectivity index (χ1v) is 10.7. The molecule has 28 heavy (non-hydrogen) atoms. The fourth-order valence-corrected chi connectivity index (χ4v) is 2.71. The summed E-state index contributed by atoms with van der Waals surface area (Å²) in [6, 6.07) is 0. The number of unbranched alkanes of at least 4 members (excludes halogenated alkanes) is 7. The first kappa shape index (κ1) is 26.3. The van der Waals surface area contributed by atoms with Gasteiger partial charge in [-0.25, -0.2) is 0 Å². The van der Waals surface area contributed by atoms with Gasteiger partial charge in [0.2, 0.25) is 0 Å². The quantitative estimate of drug-likeness (QED) is 0.231. The molecule has 0 heterocycles. The van der Waals surface area contributed by atoms with E-state index in [1.54, 1.807) is 13.8 Å². The Morgan fingerprint density at radius 3 is 1.14 bits per heavy atom. The van der Waals surface area contributed by atoms with Crippen LogP contribution in [0.2, 0.25) is 0 Å². The largest absolute Gasteiger partial charge is 0.466 e. The molecule has 0 aliphatic heterocycles. The van der Waals surface area contributed by atoms with Crippen molar-refractivity contribution in [2.75, 3.05) is 13.2 Å². The van der Waals surface area contributed by atoms with Crippen LogP contribution in [-0.4, -0.2) is 36.7 Å². The Labute approximate surface area is 169 Å². The van der Waals surface area contributed by atoms with Gasteiger partial charge < -0.3 is 19.1 Å². The van der Waals surface area contributed by atoms with Crippen LogP contribution >= 0.6 is 0 Å². The summed E-state index contributed by atoms with van der Waals surface area (Å²) in [4.78, 5) is 44.8. The molecule has 0 aliphatic carbocycles. The van der Waals surface area contributed by atoms with E-state index in [1.165, 1.54) is 0 Å². The Balaban J connectivity index is 3.36. The molecule has 0 aromatic heterocycles. The Morgan fingerprint density at radius 1 is 0.464 bits per heavy atom. The molecule has 0 spiro atoms. The fourth-order valence-electron chi connectivity index (χ4n) is 2.71. The molecule has 0 radical (unpaired) electrons. The molecule has 0 rings (SSSR count). The van der Waals surface area contributed by atoms with Gasteiger partial charge in [0.05, 0.1) is 13.2 Å². The molecule has 0 aromatic carbocycles. The number of carbonyl (C=O) groups excluding carboxylic acids is 4. The highest BCUT2D eigenvalue weighted by atomic mass is 16.5. The van der Waals surface area contributed by atoms with Crippen molar-refractivity contribution in [3.63, 3.8) is 0 Å². The van der Waals surface area contributed by atoms with Gasteiger partial charge >= 0.3 is 11.9 Å². The number of rotatable bonds is 19. The molecule has 6 nitrogen and oxygen atoms in total. The fraction of sp³-hybridized carbons (Fsp3) is 0.818. The molecular formula is C22H38O6. The summed E-state index contributed by atoms with van der Waals surface area (Å²) in [6.45, 7) is 4.05. The SMILES string of the molecule is CC(=O)CCCCCCOC(=O)CCCCC(=O)OCCCCCCC(C)=O. The first-order valence-electron chi connectivity index (χ1n) is 10.7. The number of carbonyl (C=O) groups is 4. The maximum Gasteiger partial charge on any atom is 0.305 e. The predicted molar refractivity (Wildman–Crippen MR) is 108 cm³/mol. The van der Waals surface area contributed by atoms with Crippen LogP contribution in [0.5, 0.6) is 0 Å². The highest BCUT2D eigenvalue weighted by Crippen LogP contribution is 2.07. The summed E-state index contributed by atoms with van der Waals surface area (Å²) < 4.78 is 10.3. The van der Waals surface area contributed by atoms with E-state index in [9.17, 15) is 19.2 Å². The van der Waals surface area contributed by atoms with Gasteiger partial charge in [0, 0.05) is 25.7 Å². The summed E-state index contributed by atoms with van der Waals surface area (Å²) in [5, 5.41) is 0. The van der Waals surface area contributed by atoms with Crippen LogP contribution in [0.4, 0.5) is 0 Å². The lowest BCUT2D eigenvalue weighted by Crippen LogP contribution is -2.08. The molecule has 0 aromatic rings. The Kier molecular flexibility index (Phi) is 17.5. The van der Waals surface area contributed by atoms with Gasteiger partial charge in [0.15, 0.2) is 0 Å². The number of ketones is 2. The lowest BCUT2D eigenvalue weighted by molar-refractivity contribution is -0.146. The number of Topliss-reactive ketones (excluding diaryl/α,β-unsaturated/α-hetero) is 2. The first-order chi connectivity index (χ1) is 13.4. The number of esters is 2. The van der Waals surface area contributed by atoms with E-state index in [2.05, 4.69) is 0 Å². The lowest BCUT2D eigenvalue weighted by Gasteiger charge is -2.06. The van der Waals surface area contributed by atoms with Crippen molar-refractivity contribution >= 4 is 23.5 Å². The third-order valence-corrected chi connectivity index (χ3v) is 4.38. The van der Waals surface area contributed by atoms with Crippen LogP contribution in [-0.2, 0) is 28.7 Å². The highest BCUT2D eigenvalue weighted by Gasteiger charge is 2.06. The minimum atomic E-state index is -0.220. The number of hydrogen-bond acceptors (Lipinski definition) is 6. The minimum Gasteiger partial charge on any atom is -0.466 e. The number of hydrogen-bond donors (Lipinski definition) is 0. The normalized spacial score (nSPS) is 10.5. The predicted octanol–water partition coefficient (Wildman–Crippen LogP) is 4.71. The van der Waals surface area contributed by atoms with E-state index in [-0.39, 0.29) is 23.5 Å². The molecule has 0 aliphatic rings. The van der Waals surface area contributed by atoms with Gasteiger partial charge in [-0.15, -0.1) is 0 Å². The highest BCUT2D eigenvalue weighted by molar-refractivity contribution is 5.75. The molecule has 0 unspecified atom stereocenters. The van der Waals surface area contributed by atoms with Crippen LogP contribution in [0.1, 0.15) is 104 Å². The lowest BCUT2D eigenvalue weighted by atomic mass is 10.1. The summed E-state index contributed by atoms with van der Waals surface area (Å²) in [6.07, 6.45) is 10.5. The summed E-state index contributed by atoms with van der Waals surface area (Å²) in [7, 11) is 0. The average molecular weight is 399 g/mol. The van der Waals surface area contributed by atoms with Crippen LogP contribution < -0.4 is 0 Å². The molecular weight excluding hydrogens is 360 g/mol. The second kappa shape index (κ2) is 18.6. The van der Waals surface area contributed by atoms with Crippen molar-refractivity contribution in [2.45, 2.75) is 104 Å². The Hall–Kier alpha value is -1.72. The van der Waals surface area contributed by atoms with E-state index in [4.69, 9.17) is 9.47 Å². The van der Waals surface area contributed by atoms with E-state index in [0.29, 0.717) is 51.7 Å². The van der Waals surface area contributed by atoms with Crippen LogP contribution in [0.15, 0.2) is 0 Å². The summed E-state index contributed by atoms with van der Waals surface area (Å²) >= 11 is 0. The maximum atomic E-state index is 11.6. The zero-order valence-corrected chi connectivity index (χ0v) is 17.8. The zero-order chi connectivity index (χ0) is 21.0. The van der Waals surface area contributed by atoms with Crippen LogP contribution in [0.25, 0.3) is 0 Å². The molecule has 6 heteroatoms. The van der Waals surface area contributed by atoms with Crippen LogP contribution in [0, 0.1) is 0 Å². The van der Waals surface area contributed by atoms with E-state index < -0.39 is 0 Å². The van der Waals surface area contributed by atoms with Gasteiger partial charge in [0.1, 0.15) is 11.6 Å². The van der Waals surface area contributed by atoms with E-state index in [0.717, 1.165) is 51.4 Å². The zero-order valence-electron chi connectivity index (χ0n) is 17.8. The molecule has 0 saturated carbocycles. The Morgan fingerprint density at radius 2 is 0.786 bits per heavy atom. The molecule has 0 amide bonds. The molecule has 162 valence electrons. The molecule has 0 fully saturated rings. The molecule has 0 atom stereocenters. The smallest absolute Gasteiger partial charge is 0.305 e. The van der Waals surface area contributed by atoms with Crippen molar-refractivity contribution in [2.24, 2.45) is 0 Å². The molecule has 0 bridgehead atoms. The topological polar surface area (TPSA) is 86.7 Å². The minimum absolute atomic E-state index is 0.219. The van der Waals surface area contributed by atoms with Crippen LogP contribution in [0.3, 0.4) is 0 Å². The average Bonchev–Trinajstić information content (AvgIpc) is 2.63. The standard InChI is InChI=1S/C22H38O6/c1-19(23)13-7-3-5-11-17-27-21(25)15-9-10-16-22(26)28-18-12-6-4-8-14-20(2)24/h3-18H2,1-2H3. The number of ether oxygens (including phenoxy) is 2.